The van der Waals surface area contributed by atoms with Crippen LogP contribution in [0.3, 0.4) is 0 Å². The van der Waals surface area contributed by atoms with Crippen LogP contribution in [0.2, 0.25) is 0 Å². The number of nitrogens with one attached hydrogen (secondary N) is 1. The van der Waals surface area contributed by atoms with E-state index in [1.165, 1.54) is 0 Å². The Kier molecular flexibility index (Phi) is 4.26. The summed E-state index contributed by atoms with van der Waals surface area (Å²) in [4.78, 5) is 11.3. The molecule has 0 unspecified atom stereocenters. The van der Waals surface area contributed by atoms with E-state index in [1.54, 1.807) is 19.3 Å². The first-order valence-corrected chi connectivity index (χ1v) is 6.40. The van der Waals surface area contributed by atoms with E-state index in [1.807, 2.05) is 0 Å². The van der Waals surface area contributed by atoms with Gasteiger partial charge in [-0.2, -0.15) is 0 Å². The smallest absolute Gasteiger partial charge is 0.277 e. The van der Waals surface area contributed by atoms with Crippen molar-refractivity contribution < 1.29 is 13.6 Å². The summed E-state index contributed by atoms with van der Waals surface area (Å²) in [5, 5.41) is 10.6. The highest BCUT2D eigenvalue weighted by molar-refractivity contribution is 7.99. The van der Waals surface area contributed by atoms with E-state index in [9.17, 15) is 4.79 Å². The van der Waals surface area contributed by atoms with E-state index in [-0.39, 0.29) is 18.2 Å². The normalized spacial score (nSPS) is 10.1. The van der Waals surface area contributed by atoms with Crippen LogP contribution in [0.1, 0.15) is 5.76 Å². The van der Waals surface area contributed by atoms with Gasteiger partial charge in [0.2, 0.25) is 5.91 Å². The Morgan fingerprint density at radius 3 is 3.11 bits per heavy atom. The van der Waals surface area contributed by atoms with E-state index >= 15 is 0 Å². The highest BCUT2D eigenvalue weighted by Gasteiger charge is 2.14. The molecule has 2 heterocycles. The molecule has 19 heavy (non-hydrogen) atoms. The lowest BCUT2D eigenvalue weighted by molar-refractivity contribution is -0.118. The number of nitrogens with zero attached hydrogens (tertiary/aromatic N) is 2. The van der Waals surface area contributed by atoms with Gasteiger partial charge in [-0.15, -0.1) is 16.6 Å². The summed E-state index contributed by atoms with van der Waals surface area (Å²) in [6.45, 7) is 2.02. The van der Waals surface area contributed by atoms with E-state index in [0.717, 1.165) is 17.3 Å². The molecule has 0 radical (unpaired) electrons. The Labute approximate surface area is 114 Å². The van der Waals surface area contributed by atoms with Gasteiger partial charge in [-0.3, -0.25) is 4.79 Å². The predicted octanol–water partition coefficient (Wildman–Crippen LogP) is 1.48. The molecule has 0 atom stereocenters. The second-order valence-corrected chi connectivity index (χ2v) is 4.46. The van der Waals surface area contributed by atoms with Gasteiger partial charge in [0.25, 0.3) is 11.1 Å². The second-order valence-electron chi connectivity index (χ2n) is 3.53. The standard InChI is InChI=1S/C12H11N3O3S/c1-3-5-13-10(16)7-19-12-15-14-11(18-12)9-4-6-17-8(9)2/h1,4,6H,5,7H2,2H3,(H,13,16). The molecule has 2 aromatic rings. The zero-order valence-corrected chi connectivity index (χ0v) is 11.0. The average Bonchev–Trinajstić information content (AvgIpc) is 3.02. The van der Waals surface area contributed by atoms with Crippen LogP contribution >= 0.6 is 11.8 Å². The molecule has 0 aromatic carbocycles. The Bertz CT molecular complexity index is 612. The van der Waals surface area contributed by atoms with Crippen LogP contribution in [0.15, 0.2) is 26.4 Å². The number of amides is 1. The maximum Gasteiger partial charge on any atom is 0.277 e. The van der Waals surface area contributed by atoms with Crippen LogP contribution in [-0.2, 0) is 4.79 Å². The third-order valence-electron chi connectivity index (χ3n) is 2.21. The number of terminal acetylenes is 1. The summed E-state index contributed by atoms with van der Waals surface area (Å²) in [5.74, 6) is 3.39. The van der Waals surface area contributed by atoms with E-state index < -0.39 is 0 Å². The van der Waals surface area contributed by atoms with Crippen molar-refractivity contribution in [3.05, 3.63) is 18.1 Å². The zero-order valence-electron chi connectivity index (χ0n) is 10.2. The van der Waals surface area contributed by atoms with E-state index in [4.69, 9.17) is 15.3 Å². The van der Waals surface area contributed by atoms with Gasteiger partial charge < -0.3 is 14.2 Å². The van der Waals surface area contributed by atoms with Crippen molar-refractivity contribution in [1.29, 1.82) is 0 Å². The molecule has 2 aromatic heterocycles. The zero-order chi connectivity index (χ0) is 13.7. The Balaban J connectivity index is 1.94. The summed E-state index contributed by atoms with van der Waals surface area (Å²) < 4.78 is 10.6. The Morgan fingerprint density at radius 2 is 2.42 bits per heavy atom. The third-order valence-corrected chi connectivity index (χ3v) is 3.03. The van der Waals surface area contributed by atoms with E-state index in [0.29, 0.717) is 16.9 Å². The number of hydrogen-bond acceptors (Lipinski definition) is 6. The molecule has 0 saturated heterocycles. The first kappa shape index (κ1) is 13.2. The molecular weight excluding hydrogens is 266 g/mol. The monoisotopic (exact) mass is 277 g/mol. The summed E-state index contributed by atoms with van der Waals surface area (Å²) in [6, 6.07) is 1.75. The van der Waals surface area contributed by atoms with Crippen molar-refractivity contribution in [2.24, 2.45) is 0 Å². The largest absolute Gasteiger partial charge is 0.469 e. The van der Waals surface area contributed by atoms with Crippen LogP contribution in [0.25, 0.3) is 11.5 Å². The summed E-state index contributed by atoms with van der Waals surface area (Å²) in [6.07, 6.45) is 6.59. The molecule has 0 bridgehead atoms. The molecule has 7 heteroatoms. The molecular formula is C12H11N3O3S. The molecule has 0 aliphatic heterocycles. The van der Waals surface area contributed by atoms with Crippen LogP contribution in [-0.4, -0.2) is 28.4 Å². The highest BCUT2D eigenvalue weighted by Crippen LogP contribution is 2.25. The minimum absolute atomic E-state index is 0.174. The molecule has 0 aliphatic rings. The van der Waals surface area contributed by atoms with Crippen molar-refractivity contribution in [2.75, 3.05) is 12.3 Å². The maximum atomic E-state index is 11.3. The fourth-order valence-corrected chi connectivity index (χ4v) is 1.90. The van der Waals surface area contributed by atoms with Crippen molar-refractivity contribution in [1.82, 2.24) is 15.5 Å². The summed E-state index contributed by atoms with van der Waals surface area (Å²) >= 11 is 1.15. The highest BCUT2D eigenvalue weighted by atomic mass is 32.2. The topological polar surface area (TPSA) is 81.2 Å². The lowest BCUT2D eigenvalue weighted by atomic mass is 10.3. The van der Waals surface area contributed by atoms with Crippen molar-refractivity contribution in [3.8, 4) is 23.8 Å². The molecule has 0 saturated carbocycles. The second kappa shape index (κ2) is 6.11. The van der Waals surface area contributed by atoms with Crippen molar-refractivity contribution in [2.45, 2.75) is 12.1 Å². The number of aromatic nitrogens is 2. The minimum atomic E-state index is -0.179. The number of hydrogen-bond donors (Lipinski definition) is 1. The number of rotatable bonds is 5. The fourth-order valence-electron chi connectivity index (χ4n) is 1.31. The fraction of sp³-hybridized carbons (Fsp3) is 0.250. The molecule has 6 nitrogen and oxygen atoms in total. The molecule has 1 N–H and O–H groups in total. The minimum Gasteiger partial charge on any atom is -0.469 e. The number of aryl methyl sites for hydroxylation is 1. The van der Waals surface area contributed by atoms with Crippen LogP contribution < -0.4 is 5.32 Å². The molecule has 98 valence electrons. The molecule has 2 rings (SSSR count). The van der Waals surface area contributed by atoms with Gasteiger partial charge in [-0.05, 0) is 13.0 Å². The van der Waals surface area contributed by atoms with Gasteiger partial charge >= 0.3 is 0 Å². The third kappa shape index (κ3) is 3.39. The van der Waals surface area contributed by atoms with Gasteiger partial charge in [0.15, 0.2) is 0 Å². The number of carbonyl (C=O) groups is 1. The summed E-state index contributed by atoms with van der Waals surface area (Å²) in [5.41, 5.74) is 0.746. The first-order valence-electron chi connectivity index (χ1n) is 5.41. The SMILES string of the molecule is C#CCNC(=O)CSc1nnc(-c2ccoc2C)o1. The maximum absolute atomic E-state index is 11.3. The molecule has 0 aliphatic carbocycles. The van der Waals surface area contributed by atoms with Gasteiger partial charge in [-0.25, -0.2) is 0 Å². The Morgan fingerprint density at radius 1 is 1.58 bits per heavy atom. The van der Waals surface area contributed by atoms with Gasteiger partial charge in [-0.1, -0.05) is 17.7 Å². The van der Waals surface area contributed by atoms with Crippen LogP contribution in [0.4, 0.5) is 0 Å². The van der Waals surface area contributed by atoms with Crippen LogP contribution in [0.5, 0.6) is 0 Å². The number of carbonyl (C=O) groups excluding carboxylic acids is 1. The summed E-state index contributed by atoms with van der Waals surface area (Å²) in [7, 11) is 0. The quantitative estimate of drug-likeness (QED) is 0.658. The number of furan rings is 1. The first-order chi connectivity index (χ1) is 9.20. The lowest BCUT2D eigenvalue weighted by Gasteiger charge is -1.97. The van der Waals surface area contributed by atoms with Crippen molar-refractivity contribution in [3.63, 3.8) is 0 Å². The van der Waals surface area contributed by atoms with E-state index in [2.05, 4.69) is 21.4 Å². The van der Waals surface area contributed by atoms with Gasteiger partial charge in [0.05, 0.1) is 24.1 Å². The molecule has 0 spiro atoms. The van der Waals surface area contributed by atoms with Crippen LogP contribution in [0, 0.1) is 19.3 Å². The van der Waals surface area contributed by atoms with Crippen molar-refractivity contribution >= 4 is 17.7 Å². The van der Waals surface area contributed by atoms with Gasteiger partial charge in [0.1, 0.15) is 5.76 Å². The molecule has 1 amide bonds. The molecule has 0 fully saturated rings. The average molecular weight is 277 g/mol. The predicted molar refractivity (Wildman–Crippen MR) is 69.3 cm³/mol. The Hall–Kier alpha value is -2.20. The van der Waals surface area contributed by atoms with Gasteiger partial charge in [0, 0.05) is 0 Å². The number of thioether (sulfide) groups is 1. The lowest BCUT2D eigenvalue weighted by Crippen LogP contribution is -2.25.